The monoisotopic (exact) mass is 290 g/mol. The molecule has 0 atom stereocenters. The third-order valence-electron chi connectivity index (χ3n) is 3.25. The fourth-order valence-corrected chi connectivity index (χ4v) is 1.97. The van der Waals surface area contributed by atoms with Crippen LogP contribution in [0.2, 0.25) is 0 Å². The van der Waals surface area contributed by atoms with E-state index in [-0.39, 0.29) is 11.8 Å². The van der Waals surface area contributed by atoms with Gasteiger partial charge in [0.2, 0.25) is 5.91 Å². The minimum Gasteiger partial charge on any atom is -0.356 e. The lowest BCUT2D eigenvalue weighted by Crippen LogP contribution is -2.25. The summed E-state index contributed by atoms with van der Waals surface area (Å²) in [5, 5.41) is 5.80. The number of carbonyl (C=O) groups excluding carboxylic acids is 2. The summed E-state index contributed by atoms with van der Waals surface area (Å²) in [6.45, 7) is 3.55. The second kappa shape index (κ2) is 10.9. The summed E-state index contributed by atoms with van der Waals surface area (Å²) in [4.78, 5) is 23.2. The topological polar surface area (TPSA) is 58.2 Å². The fourth-order valence-electron chi connectivity index (χ4n) is 1.97. The Hall–Kier alpha value is -1.84. The van der Waals surface area contributed by atoms with Crippen LogP contribution in [0.1, 0.15) is 55.8 Å². The molecule has 4 nitrogen and oxygen atoms in total. The Morgan fingerprint density at radius 2 is 1.62 bits per heavy atom. The third kappa shape index (κ3) is 8.12. The lowest BCUT2D eigenvalue weighted by atomic mass is 10.1. The van der Waals surface area contributed by atoms with Gasteiger partial charge in [0.1, 0.15) is 0 Å². The molecule has 0 bridgehead atoms. The molecule has 0 saturated carbocycles. The Bertz CT molecular complexity index is 418. The number of nitrogens with one attached hydrogen (secondary N) is 2. The molecule has 0 radical (unpaired) electrons. The summed E-state index contributed by atoms with van der Waals surface area (Å²) in [7, 11) is 0. The Kier molecular flexibility index (Phi) is 8.93. The van der Waals surface area contributed by atoms with Crippen LogP contribution in [0.25, 0.3) is 0 Å². The number of unbranched alkanes of at least 4 members (excludes halogenated alkanes) is 3. The maximum Gasteiger partial charge on any atom is 0.251 e. The van der Waals surface area contributed by atoms with Crippen LogP contribution in [0.4, 0.5) is 0 Å². The molecule has 0 unspecified atom stereocenters. The lowest BCUT2D eigenvalue weighted by molar-refractivity contribution is -0.121. The Morgan fingerprint density at radius 1 is 0.905 bits per heavy atom. The van der Waals surface area contributed by atoms with Gasteiger partial charge in [-0.15, -0.1) is 0 Å². The zero-order valence-corrected chi connectivity index (χ0v) is 12.9. The van der Waals surface area contributed by atoms with Gasteiger partial charge < -0.3 is 10.6 Å². The summed E-state index contributed by atoms with van der Waals surface area (Å²) in [5.74, 6) is 0.102. The molecule has 0 aliphatic heterocycles. The maximum absolute atomic E-state index is 11.8. The second-order valence-electron chi connectivity index (χ2n) is 5.14. The number of rotatable bonds is 10. The molecule has 0 saturated heterocycles. The first-order valence-corrected chi connectivity index (χ1v) is 7.84. The summed E-state index contributed by atoms with van der Waals surface area (Å²) in [6, 6.07) is 9.20. The molecule has 0 fully saturated rings. The van der Waals surface area contributed by atoms with Crippen molar-refractivity contribution in [1.29, 1.82) is 0 Å². The molecule has 2 amide bonds. The van der Waals surface area contributed by atoms with E-state index in [0.717, 1.165) is 38.6 Å². The van der Waals surface area contributed by atoms with E-state index < -0.39 is 0 Å². The Morgan fingerprint density at radius 3 is 2.33 bits per heavy atom. The van der Waals surface area contributed by atoms with E-state index in [1.165, 1.54) is 0 Å². The molecular weight excluding hydrogens is 264 g/mol. The molecule has 116 valence electrons. The normalized spacial score (nSPS) is 10.1. The van der Waals surface area contributed by atoms with Crippen molar-refractivity contribution in [2.75, 3.05) is 13.1 Å². The van der Waals surface area contributed by atoms with Crippen LogP contribution in [-0.2, 0) is 4.79 Å². The number of benzene rings is 1. The van der Waals surface area contributed by atoms with E-state index in [0.29, 0.717) is 18.5 Å². The molecular formula is C17H26N2O2. The van der Waals surface area contributed by atoms with Crippen LogP contribution < -0.4 is 10.6 Å². The van der Waals surface area contributed by atoms with Crippen molar-refractivity contribution < 1.29 is 9.59 Å². The molecule has 1 aromatic rings. The highest BCUT2D eigenvalue weighted by Gasteiger charge is 2.03. The van der Waals surface area contributed by atoms with Gasteiger partial charge in [0.15, 0.2) is 0 Å². The first-order chi connectivity index (χ1) is 10.2. The Balaban J connectivity index is 2.00. The zero-order valence-electron chi connectivity index (χ0n) is 12.9. The first kappa shape index (κ1) is 17.2. The molecule has 0 aliphatic carbocycles. The predicted molar refractivity (Wildman–Crippen MR) is 85.2 cm³/mol. The van der Waals surface area contributed by atoms with Gasteiger partial charge in [0, 0.05) is 25.1 Å². The van der Waals surface area contributed by atoms with Crippen molar-refractivity contribution in [3.05, 3.63) is 35.9 Å². The first-order valence-electron chi connectivity index (χ1n) is 7.84. The van der Waals surface area contributed by atoms with Gasteiger partial charge in [-0.3, -0.25) is 9.59 Å². The Labute approximate surface area is 127 Å². The van der Waals surface area contributed by atoms with Crippen molar-refractivity contribution in [3.8, 4) is 0 Å². The van der Waals surface area contributed by atoms with Gasteiger partial charge in [0.05, 0.1) is 0 Å². The standard InChI is InChI=1S/C17H26N2O2/c1-2-3-13-18-16(20)12-8-5-9-14-19-17(21)15-10-6-4-7-11-15/h4,6-7,10-11H,2-3,5,8-9,12-14H2,1H3,(H,18,20)(H,19,21). The minimum atomic E-state index is -0.0343. The van der Waals surface area contributed by atoms with Crippen LogP contribution in [0.15, 0.2) is 30.3 Å². The average molecular weight is 290 g/mol. The van der Waals surface area contributed by atoms with Gasteiger partial charge in [-0.25, -0.2) is 0 Å². The number of carbonyl (C=O) groups is 2. The number of hydrogen-bond acceptors (Lipinski definition) is 2. The van der Waals surface area contributed by atoms with Crippen molar-refractivity contribution in [2.24, 2.45) is 0 Å². The van der Waals surface area contributed by atoms with Crippen molar-refractivity contribution in [3.63, 3.8) is 0 Å². The van der Waals surface area contributed by atoms with Crippen molar-refractivity contribution >= 4 is 11.8 Å². The molecule has 0 aliphatic rings. The lowest BCUT2D eigenvalue weighted by Gasteiger charge is -2.06. The molecule has 21 heavy (non-hydrogen) atoms. The van der Waals surface area contributed by atoms with Gasteiger partial charge in [-0.2, -0.15) is 0 Å². The average Bonchev–Trinajstić information content (AvgIpc) is 2.51. The molecule has 1 rings (SSSR count). The quantitative estimate of drug-likeness (QED) is 0.651. The van der Waals surface area contributed by atoms with Crippen LogP contribution >= 0.6 is 0 Å². The van der Waals surface area contributed by atoms with E-state index in [4.69, 9.17) is 0 Å². The van der Waals surface area contributed by atoms with E-state index in [9.17, 15) is 9.59 Å². The molecule has 0 spiro atoms. The maximum atomic E-state index is 11.8. The SMILES string of the molecule is CCCCNC(=O)CCCCCNC(=O)c1ccccc1. The molecule has 4 heteroatoms. The van der Waals surface area contributed by atoms with E-state index in [1.807, 2.05) is 18.2 Å². The smallest absolute Gasteiger partial charge is 0.251 e. The summed E-state index contributed by atoms with van der Waals surface area (Å²) >= 11 is 0. The second-order valence-corrected chi connectivity index (χ2v) is 5.14. The van der Waals surface area contributed by atoms with Crippen LogP contribution in [-0.4, -0.2) is 24.9 Å². The molecule has 0 heterocycles. The summed E-state index contributed by atoms with van der Waals surface area (Å²) in [6.07, 6.45) is 5.45. The largest absolute Gasteiger partial charge is 0.356 e. The van der Waals surface area contributed by atoms with Crippen molar-refractivity contribution in [2.45, 2.75) is 45.4 Å². The van der Waals surface area contributed by atoms with Gasteiger partial charge in [-0.05, 0) is 31.4 Å². The van der Waals surface area contributed by atoms with Gasteiger partial charge >= 0.3 is 0 Å². The zero-order chi connectivity index (χ0) is 15.3. The van der Waals surface area contributed by atoms with Crippen molar-refractivity contribution in [1.82, 2.24) is 10.6 Å². The highest BCUT2D eigenvalue weighted by Crippen LogP contribution is 2.01. The van der Waals surface area contributed by atoms with Gasteiger partial charge in [-0.1, -0.05) is 38.0 Å². The van der Waals surface area contributed by atoms with Crippen LogP contribution in [0, 0.1) is 0 Å². The van der Waals surface area contributed by atoms with Crippen LogP contribution in [0.5, 0.6) is 0 Å². The fraction of sp³-hybridized carbons (Fsp3) is 0.529. The number of hydrogen-bond donors (Lipinski definition) is 2. The van der Waals surface area contributed by atoms with Gasteiger partial charge in [0.25, 0.3) is 5.91 Å². The van der Waals surface area contributed by atoms with E-state index >= 15 is 0 Å². The van der Waals surface area contributed by atoms with E-state index in [2.05, 4.69) is 17.6 Å². The summed E-state index contributed by atoms with van der Waals surface area (Å²) < 4.78 is 0. The number of amides is 2. The predicted octanol–water partition coefficient (Wildman–Crippen LogP) is 2.89. The third-order valence-corrected chi connectivity index (χ3v) is 3.25. The highest BCUT2D eigenvalue weighted by molar-refractivity contribution is 5.94. The molecule has 1 aromatic carbocycles. The molecule has 2 N–H and O–H groups in total. The van der Waals surface area contributed by atoms with Crippen LogP contribution in [0.3, 0.4) is 0 Å². The summed E-state index contributed by atoms with van der Waals surface area (Å²) in [5.41, 5.74) is 0.688. The highest BCUT2D eigenvalue weighted by atomic mass is 16.2. The molecule has 0 aromatic heterocycles. The minimum absolute atomic E-state index is 0.0343. The van der Waals surface area contributed by atoms with E-state index in [1.54, 1.807) is 12.1 Å².